The van der Waals surface area contributed by atoms with E-state index in [2.05, 4.69) is 30.5 Å². The van der Waals surface area contributed by atoms with Gasteiger partial charge in [-0.05, 0) is 54.3 Å². The highest BCUT2D eigenvalue weighted by Crippen LogP contribution is 2.33. The van der Waals surface area contributed by atoms with E-state index in [9.17, 15) is 8.78 Å². The van der Waals surface area contributed by atoms with Crippen LogP contribution < -0.4 is 5.73 Å². The molecular formula is C24H25F2N9. The van der Waals surface area contributed by atoms with Gasteiger partial charge in [0.25, 0.3) is 0 Å². The van der Waals surface area contributed by atoms with Crippen LogP contribution in [0.3, 0.4) is 0 Å². The molecule has 1 saturated carbocycles. The Hall–Kier alpha value is -3.73. The maximum absolute atomic E-state index is 14.4. The predicted octanol–water partition coefficient (Wildman–Crippen LogP) is 3.64. The van der Waals surface area contributed by atoms with Gasteiger partial charge in [0.15, 0.2) is 17.5 Å². The van der Waals surface area contributed by atoms with Crippen molar-refractivity contribution >= 4 is 5.82 Å². The average Bonchev–Trinajstić information content (AvgIpc) is 3.51. The van der Waals surface area contributed by atoms with E-state index in [1.807, 2.05) is 17.1 Å². The van der Waals surface area contributed by atoms with Crippen LogP contribution in [0, 0.1) is 11.6 Å². The zero-order valence-corrected chi connectivity index (χ0v) is 19.1. The molecule has 180 valence electrons. The molecule has 4 heterocycles. The first-order chi connectivity index (χ1) is 17.1. The van der Waals surface area contributed by atoms with Gasteiger partial charge in [-0.1, -0.05) is 12.5 Å². The standard InChI is InChI=1S/C24H25F2N9/c25-20-5-2-6-21(22(20)26)35-24(30-31-32-35)19-11-15(12-28-23(19)27)16-13-29-34(14-16)18-7-9-33(10-8-18)17-3-1-4-17/h2,5-6,11-14,17-18H,1,3-4,7-10H2,(H2,27,28). The lowest BCUT2D eigenvalue weighted by Crippen LogP contribution is -2.45. The van der Waals surface area contributed by atoms with Crippen LogP contribution in [0.25, 0.3) is 28.2 Å². The Balaban J connectivity index is 1.27. The molecule has 0 unspecified atom stereocenters. The second-order valence-electron chi connectivity index (χ2n) is 9.20. The maximum atomic E-state index is 14.4. The van der Waals surface area contributed by atoms with Gasteiger partial charge in [-0.25, -0.2) is 13.8 Å². The molecule has 11 heteroatoms. The number of pyridine rings is 1. The number of benzene rings is 1. The molecule has 35 heavy (non-hydrogen) atoms. The van der Waals surface area contributed by atoms with Crippen LogP contribution in [0.1, 0.15) is 38.1 Å². The SMILES string of the molecule is Nc1ncc(-c2cnn(C3CCN(C4CCC4)CC3)c2)cc1-c1nnnn1-c1cccc(F)c1F. The molecule has 1 aliphatic carbocycles. The van der Waals surface area contributed by atoms with Crippen LogP contribution in [0.5, 0.6) is 0 Å². The fourth-order valence-corrected chi connectivity index (χ4v) is 4.94. The van der Waals surface area contributed by atoms with Crippen molar-refractivity contribution in [2.45, 2.75) is 44.2 Å². The topological polar surface area (TPSA) is 104 Å². The van der Waals surface area contributed by atoms with E-state index in [0.717, 1.165) is 53.8 Å². The Morgan fingerprint density at radius 3 is 2.57 bits per heavy atom. The van der Waals surface area contributed by atoms with Crippen molar-refractivity contribution in [3.8, 4) is 28.2 Å². The fourth-order valence-electron chi connectivity index (χ4n) is 4.94. The molecule has 3 aromatic heterocycles. The molecule has 0 atom stereocenters. The summed E-state index contributed by atoms with van der Waals surface area (Å²) >= 11 is 0. The molecule has 2 N–H and O–H groups in total. The molecule has 9 nitrogen and oxygen atoms in total. The number of nitrogen functional groups attached to an aromatic ring is 1. The summed E-state index contributed by atoms with van der Waals surface area (Å²) in [5, 5.41) is 16.1. The molecule has 6 rings (SSSR count). The number of tetrazole rings is 1. The second kappa shape index (κ2) is 8.81. The number of hydrogen-bond acceptors (Lipinski definition) is 7. The van der Waals surface area contributed by atoms with Crippen molar-refractivity contribution in [1.82, 2.24) is 39.9 Å². The van der Waals surface area contributed by atoms with E-state index in [1.54, 1.807) is 12.3 Å². The van der Waals surface area contributed by atoms with Crippen molar-refractivity contribution in [3.63, 3.8) is 0 Å². The van der Waals surface area contributed by atoms with Crippen LogP contribution >= 0.6 is 0 Å². The quantitative estimate of drug-likeness (QED) is 0.468. The minimum absolute atomic E-state index is 0.115. The third-order valence-electron chi connectivity index (χ3n) is 7.19. The Morgan fingerprint density at radius 1 is 0.971 bits per heavy atom. The maximum Gasteiger partial charge on any atom is 0.190 e. The summed E-state index contributed by atoms with van der Waals surface area (Å²) < 4.78 is 31.4. The van der Waals surface area contributed by atoms with E-state index in [-0.39, 0.29) is 17.3 Å². The summed E-state index contributed by atoms with van der Waals surface area (Å²) in [5.74, 6) is -1.70. The predicted molar refractivity (Wildman–Crippen MR) is 125 cm³/mol. The van der Waals surface area contributed by atoms with Gasteiger partial charge in [0.2, 0.25) is 0 Å². The van der Waals surface area contributed by atoms with Crippen LogP contribution in [0.4, 0.5) is 14.6 Å². The summed E-state index contributed by atoms with van der Waals surface area (Å²) in [6.07, 6.45) is 11.7. The van der Waals surface area contributed by atoms with Crippen LogP contribution in [0.15, 0.2) is 42.9 Å². The normalized spacial score (nSPS) is 17.5. The van der Waals surface area contributed by atoms with Gasteiger partial charge in [-0.15, -0.1) is 5.10 Å². The molecule has 0 amide bonds. The highest BCUT2D eigenvalue weighted by molar-refractivity contribution is 5.76. The summed E-state index contributed by atoms with van der Waals surface area (Å²) in [6, 6.07) is 6.76. The van der Waals surface area contributed by atoms with E-state index < -0.39 is 11.6 Å². The van der Waals surface area contributed by atoms with Gasteiger partial charge in [-0.3, -0.25) is 4.68 Å². The van der Waals surface area contributed by atoms with Crippen molar-refractivity contribution < 1.29 is 8.78 Å². The Morgan fingerprint density at radius 2 is 1.80 bits per heavy atom. The molecule has 4 aromatic rings. The van der Waals surface area contributed by atoms with E-state index >= 15 is 0 Å². The number of hydrogen-bond donors (Lipinski definition) is 1. The summed E-state index contributed by atoms with van der Waals surface area (Å²) in [5.41, 5.74) is 8.10. The number of piperidine rings is 1. The highest BCUT2D eigenvalue weighted by atomic mass is 19.2. The number of aromatic nitrogens is 7. The lowest BCUT2D eigenvalue weighted by atomic mass is 9.89. The van der Waals surface area contributed by atoms with E-state index in [0.29, 0.717) is 11.6 Å². The zero-order valence-electron chi connectivity index (χ0n) is 19.1. The lowest BCUT2D eigenvalue weighted by Gasteiger charge is -2.41. The molecular weight excluding hydrogens is 452 g/mol. The third kappa shape index (κ3) is 3.95. The van der Waals surface area contributed by atoms with Crippen molar-refractivity contribution in [1.29, 1.82) is 0 Å². The van der Waals surface area contributed by atoms with Gasteiger partial charge in [0.1, 0.15) is 11.5 Å². The number of likely N-dealkylation sites (tertiary alicyclic amines) is 1. The van der Waals surface area contributed by atoms with Crippen LogP contribution in [-0.2, 0) is 0 Å². The third-order valence-corrected chi connectivity index (χ3v) is 7.19. The molecule has 0 spiro atoms. The highest BCUT2D eigenvalue weighted by Gasteiger charge is 2.29. The minimum atomic E-state index is -1.05. The molecule has 1 saturated heterocycles. The Labute approximate surface area is 200 Å². The van der Waals surface area contributed by atoms with Crippen molar-refractivity contribution in [2.24, 2.45) is 0 Å². The summed E-state index contributed by atoms with van der Waals surface area (Å²) in [4.78, 5) is 6.93. The van der Waals surface area contributed by atoms with Crippen molar-refractivity contribution in [2.75, 3.05) is 18.8 Å². The molecule has 2 fully saturated rings. The van der Waals surface area contributed by atoms with E-state index in [4.69, 9.17) is 5.73 Å². The first-order valence-electron chi connectivity index (χ1n) is 11.9. The van der Waals surface area contributed by atoms with Gasteiger partial charge < -0.3 is 10.6 Å². The number of anilines is 1. The van der Waals surface area contributed by atoms with Crippen molar-refractivity contribution in [3.05, 3.63) is 54.5 Å². The molecule has 0 bridgehead atoms. The second-order valence-corrected chi connectivity index (χ2v) is 9.20. The molecule has 0 radical (unpaired) electrons. The minimum Gasteiger partial charge on any atom is -0.383 e. The van der Waals surface area contributed by atoms with Gasteiger partial charge in [0.05, 0.1) is 17.8 Å². The van der Waals surface area contributed by atoms with Crippen LogP contribution in [-0.4, -0.2) is 59.0 Å². The fraction of sp³-hybridized carbons (Fsp3) is 0.375. The number of nitrogens with two attached hydrogens (primary N) is 1. The van der Waals surface area contributed by atoms with Crippen LogP contribution in [0.2, 0.25) is 0 Å². The lowest BCUT2D eigenvalue weighted by molar-refractivity contribution is 0.0842. The Bertz CT molecular complexity index is 1350. The number of rotatable bonds is 5. The summed E-state index contributed by atoms with van der Waals surface area (Å²) in [7, 11) is 0. The van der Waals surface area contributed by atoms with Gasteiger partial charge >= 0.3 is 0 Å². The first kappa shape index (κ1) is 21.8. The smallest absolute Gasteiger partial charge is 0.190 e. The first-order valence-corrected chi connectivity index (χ1v) is 11.9. The largest absolute Gasteiger partial charge is 0.383 e. The monoisotopic (exact) mass is 477 g/mol. The van der Waals surface area contributed by atoms with E-state index in [1.165, 1.54) is 31.4 Å². The molecule has 1 aliphatic heterocycles. The zero-order chi connectivity index (χ0) is 23.9. The van der Waals surface area contributed by atoms with Gasteiger partial charge in [0, 0.05) is 42.7 Å². The number of nitrogens with zero attached hydrogens (tertiary/aromatic N) is 8. The number of halogens is 2. The average molecular weight is 478 g/mol. The molecule has 2 aliphatic rings. The summed E-state index contributed by atoms with van der Waals surface area (Å²) in [6.45, 7) is 2.22. The van der Waals surface area contributed by atoms with Gasteiger partial charge in [-0.2, -0.15) is 9.78 Å². The molecule has 1 aromatic carbocycles. The Kier molecular flexibility index (Phi) is 5.48.